The Morgan fingerprint density at radius 1 is 1.42 bits per heavy atom. The molecule has 1 aromatic carbocycles. The van der Waals surface area contributed by atoms with Crippen LogP contribution in [0.5, 0.6) is 5.75 Å². The fourth-order valence-corrected chi connectivity index (χ4v) is 3.21. The zero-order chi connectivity index (χ0) is 14.0. The highest BCUT2D eigenvalue weighted by Gasteiger charge is 2.15. The Kier molecular flexibility index (Phi) is 4.17. The van der Waals surface area contributed by atoms with Gasteiger partial charge in [0.05, 0.1) is 17.8 Å². The van der Waals surface area contributed by atoms with Gasteiger partial charge in [0.1, 0.15) is 5.75 Å². The van der Waals surface area contributed by atoms with Gasteiger partial charge in [0, 0.05) is 23.5 Å². The molecular weight excluding hydrogens is 258 g/mol. The van der Waals surface area contributed by atoms with Gasteiger partial charge in [-0.2, -0.15) is 5.10 Å². The van der Waals surface area contributed by atoms with Gasteiger partial charge in [-0.1, -0.05) is 17.8 Å². The summed E-state index contributed by atoms with van der Waals surface area (Å²) < 4.78 is 7.28. The molecule has 0 saturated carbocycles. The van der Waals surface area contributed by atoms with Crippen molar-refractivity contribution >= 4 is 11.8 Å². The second-order valence-electron chi connectivity index (χ2n) is 4.51. The van der Waals surface area contributed by atoms with Crippen LogP contribution in [0.3, 0.4) is 0 Å². The monoisotopic (exact) mass is 277 g/mol. The standard InChI is InChI=1S/C14H19N3OS/c1-9-8-13(17(3)16-9)19-12-7-5-6-11(18-4)14(12)10(2)15/h5-8,10H,15H2,1-4H3/t10-/m0/s1. The average molecular weight is 277 g/mol. The summed E-state index contributed by atoms with van der Waals surface area (Å²) in [6, 6.07) is 7.98. The molecule has 2 N–H and O–H groups in total. The summed E-state index contributed by atoms with van der Waals surface area (Å²) in [5.41, 5.74) is 8.12. The maximum atomic E-state index is 6.07. The van der Waals surface area contributed by atoms with Crippen LogP contribution >= 0.6 is 11.8 Å². The summed E-state index contributed by atoms with van der Waals surface area (Å²) in [5, 5.41) is 5.45. The van der Waals surface area contributed by atoms with Gasteiger partial charge in [0.15, 0.2) is 0 Å². The number of methoxy groups -OCH3 is 1. The van der Waals surface area contributed by atoms with E-state index in [-0.39, 0.29) is 6.04 Å². The lowest BCUT2D eigenvalue weighted by Gasteiger charge is -2.16. The van der Waals surface area contributed by atoms with Crippen molar-refractivity contribution in [3.05, 3.63) is 35.5 Å². The molecule has 1 heterocycles. The summed E-state index contributed by atoms with van der Waals surface area (Å²) in [6.07, 6.45) is 0. The van der Waals surface area contributed by atoms with Crippen LogP contribution < -0.4 is 10.5 Å². The highest BCUT2D eigenvalue weighted by molar-refractivity contribution is 7.99. The number of nitrogens with zero attached hydrogens (tertiary/aromatic N) is 2. The number of hydrogen-bond acceptors (Lipinski definition) is 4. The quantitative estimate of drug-likeness (QED) is 0.933. The van der Waals surface area contributed by atoms with Crippen LogP contribution in [0.15, 0.2) is 34.2 Å². The number of rotatable bonds is 4. The third-order valence-electron chi connectivity index (χ3n) is 2.87. The van der Waals surface area contributed by atoms with Crippen LogP contribution in [0.4, 0.5) is 0 Å². The molecule has 0 aliphatic rings. The Labute approximate surface area is 117 Å². The number of nitrogens with two attached hydrogens (primary N) is 1. The predicted molar refractivity (Wildman–Crippen MR) is 77.7 cm³/mol. The van der Waals surface area contributed by atoms with E-state index < -0.39 is 0 Å². The smallest absolute Gasteiger partial charge is 0.124 e. The van der Waals surface area contributed by atoms with Gasteiger partial charge < -0.3 is 10.5 Å². The van der Waals surface area contributed by atoms with E-state index in [1.165, 1.54) is 0 Å². The molecular formula is C14H19N3OS. The van der Waals surface area contributed by atoms with Crippen molar-refractivity contribution in [1.29, 1.82) is 0 Å². The van der Waals surface area contributed by atoms with Gasteiger partial charge in [-0.05, 0) is 32.0 Å². The van der Waals surface area contributed by atoms with E-state index in [9.17, 15) is 0 Å². The highest BCUT2D eigenvalue weighted by Crippen LogP contribution is 2.37. The first-order chi connectivity index (χ1) is 9.02. The Bertz CT molecular complexity index is 578. The van der Waals surface area contributed by atoms with E-state index in [1.54, 1.807) is 18.9 Å². The summed E-state index contributed by atoms with van der Waals surface area (Å²) in [7, 11) is 3.62. The van der Waals surface area contributed by atoms with Crippen molar-refractivity contribution in [2.75, 3.05) is 7.11 Å². The topological polar surface area (TPSA) is 53.1 Å². The maximum absolute atomic E-state index is 6.07. The van der Waals surface area contributed by atoms with E-state index in [0.717, 1.165) is 26.9 Å². The number of benzene rings is 1. The van der Waals surface area contributed by atoms with E-state index in [2.05, 4.69) is 17.2 Å². The molecule has 0 unspecified atom stereocenters. The zero-order valence-electron chi connectivity index (χ0n) is 11.7. The van der Waals surface area contributed by atoms with Gasteiger partial charge in [0.2, 0.25) is 0 Å². The molecule has 0 amide bonds. The van der Waals surface area contributed by atoms with Gasteiger partial charge in [-0.3, -0.25) is 4.68 Å². The first-order valence-electron chi connectivity index (χ1n) is 6.14. The first kappa shape index (κ1) is 14.0. The SMILES string of the molecule is COc1cccc(Sc2cc(C)nn2C)c1[C@H](C)N. The second kappa shape index (κ2) is 5.67. The van der Waals surface area contributed by atoms with E-state index >= 15 is 0 Å². The minimum Gasteiger partial charge on any atom is -0.496 e. The molecule has 0 radical (unpaired) electrons. The Morgan fingerprint density at radius 3 is 2.68 bits per heavy atom. The molecule has 102 valence electrons. The van der Waals surface area contributed by atoms with Crippen molar-refractivity contribution in [2.24, 2.45) is 12.8 Å². The largest absolute Gasteiger partial charge is 0.496 e. The van der Waals surface area contributed by atoms with Crippen LogP contribution in [-0.2, 0) is 7.05 Å². The van der Waals surface area contributed by atoms with Crippen molar-refractivity contribution in [1.82, 2.24) is 9.78 Å². The maximum Gasteiger partial charge on any atom is 0.124 e. The van der Waals surface area contributed by atoms with Gasteiger partial charge in [0.25, 0.3) is 0 Å². The van der Waals surface area contributed by atoms with E-state index in [4.69, 9.17) is 10.5 Å². The van der Waals surface area contributed by atoms with Crippen LogP contribution in [0.25, 0.3) is 0 Å². The van der Waals surface area contributed by atoms with Crippen molar-refractivity contribution in [3.8, 4) is 5.75 Å². The van der Waals surface area contributed by atoms with Crippen molar-refractivity contribution in [2.45, 2.75) is 29.8 Å². The minimum absolute atomic E-state index is 0.0759. The van der Waals surface area contributed by atoms with Crippen LogP contribution in [-0.4, -0.2) is 16.9 Å². The lowest BCUT2D eigenvalue weighted by Crippen LogP contribution is -2.08. The first-order valence-corrected chi connectivity index (χ1v) is 6.95. The van der Waals surface area contributed by atoms with Crippen molar-refractivity contribution < 1.29 is 4.74 Å². The van der Waals surface area contributed by atoms with Crippen LogP contribution in [0.2, 0.25) is 0 Å². The zero-order valence-corrected chi connectivity index (χ0v) is 12.5. The van der Waals surface area contributed by atoms with Crippen molar-refractivity contribution in [3.63, 3.8) is 0 Å². The molecule has 0 aliphatic carbocycles. The summed E-state index contributed by atoms with van der Waals surface area (Å²) >= 11 is 1.66. The number of aryl methyl sites for hydroxylation is 2. The fraction of sp³-hybridized carbons (Fsp3) is 0.357. The summed E-state index contributed by atoms with van der Waals surface area (Å²) in [5.74, 6) is 0.832. The molecule has 2 aromatic rings. The van der Waals surface area contributed by atoms with Crippen LogP contribution in [0.1, 0.15) is 24.2 Å². The second-order valence-corrected chi connectivity index (χ2v) is 5.57. The third-order valence-corrected chi connectivity index (χ3v) is 4.04. The molecule has 5 heteroatoms. The fourth-order valence-electron chi connectivity index (χ4n) is 2.03. The van der Waals surface area contributed by atoms with Gasteiger partial charge in [-0.25, -0.2) is 0 Å². The van der Waals surface area contributed by atoms with Gasteiger partial charge in [-0.15, -0.1) is 0 Å². The molecule has 0 bridgehead atoms. The lowest BCUT2D eigenvalue weighted by atomic mass is 10.1. The Hall–Kier alpha value is -1.46. The number of hydrogen-bond donors (Lipinski definition) is 1. The molecule has 4 nitrogen and oxygen atoms in total. The molecule has 0 saturated heterocycles. The molecule has 0 spiro atoms. The molecule has 1 atom stereocenters. The lowest BCUT2D eigenvalue weighted by molar-refractivity contribution is 0.405. The molecule has 1 aromatic heterocycles. The van der Waals surface area contributed by atoms with E-state index in [1.807, 2.05) is 37.7 Å². The third kappa shape index (κ3) is 2.93. The molecule has 19 heavy (non-hydrogen) atoms. The predicted octanol–water partition coefficient (Wildman–Crippen LogP) is 2.91. The molecule has 0 aliphatic heterocycles. The molecule has 2 rings (SSSR count). The number of ether oxygens (including phenoxy) is 1. The summed E-state index contributed by atoms with van der Waals surface area (Å²) in [4.78, 5) is 1.11. The van der Waals surface area contributed by atoms with E-state index in [0.29, 0.717) is 0 Å². The highest BCUT2D eigenvalue weighted by atomic mass is 32.2. The Morgan fingerprint density at radius 2 is 2.16 bits per heavy atom. The average Bonchev–Trinajstić information content (AvgIpc) is 2.67. The normalized spacial score (nSPS) is 12.5. The van der Waals surface area contributed by atoms with Gasteiger partial charge >= 0.3 is 0 Å². The van der Waals surface area contributed by atoms with Crippen LogP contribution in [0, 0.1) is 6.92 Å². The number of aromatic nitrogens is 2. The minimum atomic E-state index is -0.0759. The Balaban J connectivity index is 2.42. The summed E-state index contributed by atoms with van der Waals surface area (Å²) in [6.45, 7) is 3.96. The molecule has 0 fully saturated rings.